The predicted molar refractivity (Wildman–Crippen MR) is 118 cm³/mol. The summed E-state index contributed by atoms with van der Waals surface area (Å²) >= 11 is 0. The van der Waals surface area contributed by atoms with Crippen LogP contribution in [0.3, 0.4) is 0 Å². The summed E-state index contributed by atoms with van der Waals surface area (Å²) in [6.45, 7) is 0. The molecule has 3 aromatic rings. The second-order valence-electron chi connectivity index (χ2n) is 7.37. The molecule has 0 radical (unpaired) electrons. The van der Waals surface area contributed by atoms with Gasteiger partial charge in [0.1, 0.15) is 0 Å². The molecular weight excluding hydrogens is 354 g/mol. The molecule has 5 rings (SSSR count). The fourth-order valence-corrected chi connectivity index (χ4v) is 3.79. The van der Waals surface area contributed by atoms with E-state index in [2.05, 4.69) is 90.2 Å². The molecule has 1 heterocycles. The summed E-state index contributed by atoms with van der Waals surface area (Å²) in [7, 11) is 0. The summed E-state index contributed by atoms with van der Waals surface area (Å²) in [5.74, 6) is 0. The lowest BCUT2D eigenvalue weighted by Gasteiger charge is -2.12. The minimum atomic E-state index is 0.0346. The molecule has 4 bridgehead atoms. The van der Waals surface area contributed by atoms with E-state index in [-0.39, 0.29) is 11.5 Å². The first kappa shape index (κ1) is 17.3. The Morgan fingerprint density at radius 2 is 1.48 bits per heavy atom. The highest BCUT2D eigenvalue weighted by Crippen LogP contribution is 2.28. The lowest BCUT2D eigenvalue weighted by Crippen LogP contribution is -2.37. The quantitative estimate of drug-likeness (QED) is 0.453. The molecule has 0 N–H and O–H groups in total. The van der Waals surface area contributed by atoms with E-state index >= 15 is 0 Å². The Morgan fingerprint density at radius 3 is 2.10 bits per heavy atom. The predicted octanol–water partition coefficient (Wildman–Crippen LogP) is 5.07. The van der Waals surface area contributed by atoms with Gasteiger partial charge >= 0.3 is 0 Å². The fraction of sp³-hybridized carbons (Fsp3) is 0.0370. The minimum Gasteiger partial charge on any atom is -0.319 e. The van der Waals surface area contributed by atoms with Crippen molar-refractivity contribution in [1.29, 1.82) is 0 Å². The van der Waals surface area contributed by atoms with Gasteiger partial charge in [0.15, 0.2) is 12.4 Å². The van der Waals surface area contributed by atoms with Gasteiger partial charge in [-0.05, 0) is 29.3 Å². The summed E-state index contributed by atoms with van der Waals surface area (Å²) in [5.41, 5.74) is 6.87. The molecule has 0 saturated carbocycles. The van der Waals surface area contributed by atoms with E-state index in [4.69, 9.17) is 0 Å². The van der Waals surface area contributed by atoms with Crippen molar-refractivity contribution in [3.63, 3.8) is 0 Å². The first-order valence-electron chi connectivity index (χ1n) is 9.76. The SMILES string of the molecule is O=c1ccc(-c2cc3cc(c2)/C=C\C2=CC([n+]4ccccc4)C=C(/C=C\3)[CH+]2)c[cH-]1. The number of benzene rings is 2. The van der Waals surface area contributed by atoms with E-state index in [0.29, 0.717) is 0 Å². The van der Waals surface area contributed by atoms with Gasteiger partial charge in [0.25, 0.3) is 0 Å². The molecule has 0 saturated heterocycles. The van der Waals surface area contributed by atoms with Crippen molar-refractivity contribution in [2.24, 2.45) is 0 Å². The van der Waals surface area contributed by atoms with Gasteiger partial charge in [0.2, 0.25) is 6.04 Å². The molecule has 2 aliphatic carbocycles. The summed E-state index contributed by atoms with van der Waals surface area (Å²) in [6, 6.07) is 19.9. The average Bonchev–Trinajstić information content (AvgIpc) is 2.77. The van der Waals surface area contributed by atoms with E-state index in [1.54, 1.807) is 12.1 Å². The van der Waals surface area contributed by atoms with Crippen LogP contribution < -0.4 is 10.00 Å². The number of fused-ring (bicyclic) bond motifs is 4. The van der Waals surface area contributed by atoms with E-state index in [0.717, 1.165) is 22.3 Å². The van der Waals surface area contributed by atoms with Crippen molar-refractivity contribution in [3.05, 3.63) is 136 Å². The van der Waals surface area contributed by atoms with E-state index in [1.165, 1.54) is 11.1 Å². The van der Waals surface area contributed by atoms with Crippen LogP contribution in [0.25, 0.3) is 23.3 Å². The molecule has 29 heavy (non-hydrogen) atoms. The zero-order chi connectivity index (χ0) is 19.6. The monoisotopic (exact) mass is 374 g/mol. The number of nitrogens with zero attached hydrogens (tertiary/aromatic N) is 1. The highest BCUT2D eigenvalue weighted by molar-refractivity contribution is 5.74. The van der Waals surface area contributed by atoms with Crippen LogP contribution in [0, 0.1) is 6.42 Å². The molecule has 2 heteroatoms. The molecular formula is C27H20NO+. The van der Waals surface area contributed by atoms with Crippen LogP contribution in [0.15, 0.2) is 113 Å². The number of hydrogen-bond acceptors (Lipinski definition) is 1. The maximum Gasteiger partial charge on any atom is 0.247 e. The number of allylic oxidation sites excluding steroid dienone is 6. The molecule has 0 spiro atoms. The van der Waals surface area contributed by atoms with E-state index in [9.17, 15) is 4.79 Å². The summed E-state index contributed by atoms with van der Waals surface area (Å²) < 4.78 is 2.21. The van der Waals surface area contributed by atoms with Gasteiger partial charge in [0, 0.05) is 30.7 Å². The van der Waals surface area contributed by atoms with Crippen LogP contribution in [-0.2, 0) is 0 Å². The van der Waals surface area contributed by atoms with Gasteiger partial charge in [-0.3, -0.25) is 0 Å². The molecule has 2 aromatic carbocycles. The van der Waals surface area contributed by atoms with E-state index in [1.807, 2.05) is 18.2 Å². The molecule has 138 valence electrons. The van der Waals surface area contributed by atoms with Crippen molar-refractivity contribution in [2.45, 2.75) is 6.04 Å². The van der Waals surface area contributed by atoms with Crippen molar-refractivity contribution < 1.29 is 4.57 Å². The highest BCUT2D eigenvalue weighted by Gasteiger charge is 2.24. The van der Waals surface area contributed by atoms with Crippen molar-refractivity contribution >= 4 is 12.2 Å². The molecule has 0 fully saturated rings. The lowest BCUT2D eigenvalue weighted by molar-refractivity contribution is -0.702. The van der Waals surface area contributed by atoms with Crippen molar-refractivity contribution in [2.75, 3.05) is 0 Å². The zero-order valence-corrected chi connectivity index (χ0v) is 15.9. The number of hydrogen-bond donors (Lipinski definition) is 0. The Morgan fingerprint density at radius 1 is 0.793 bits per heavy atom. The normalized spacial score (nSPS) is 17.5. The minimum absolute atomic E-state index is 0.0346. The van der Waals surface area contributed by atoms with Gasteiger partial charge < -0.3 is 4.79 Å². The van der Waals surface area contributed by atoms with E-state index < -0.39 is 0 Å². The first-order chi connectivity index (χ1) is 14.2. The summed E-state index contributed by atoms with van der Waals surface area (Å²) in [4.78, 5) is 11.4. The maximum absolute atomic E-state index is 11.4. The second kappa shape index (κ2) is 7.33. The summed E-state index contributed by atoms with van der Waals surface area (Å²) in [6.07, 6.45) is 19.6. The second-order valence-corrected chi connectivity index (χ2v) is 7.37. The van der Waals surface area contributed by atoms with Gasteiger partial charge in [-0.2, -0.15) is 16.7 Å². The van der Waals surface area contributed by atoms with Gasteiger partial charge in [-0.15, -0.1) is 17.7 Å². The molecule has 0 amide bonds. The molecule has 2 nitrogen and oxygen atoms in total. The van der Waals surface area contributed by atoms with Gasteiger partial charge in [-0.1, -0.05) is 23.8 Å². The standard InChI is InChI=1S/C27H20NO/c29-27-10-8-24(9-11-27)25-16-20-4-6-22-15-23(7-5-21(14-20)17-25)19-26(18-22)28-12-2-1-3-13-28/h1-19,26H/q+1/b6-4-,7-5-. The third-order valence-electron chi connectivity index (χ3n) is 5.24. The van der Waals surface area contributed by atoms with Crippen LogP contribution in [0.5, 0.6) is 0 Å². The largest absolute Gasteiger partial charge is 0.319 e. The Balaban J connectivity index is 1.56. The molecule has 0 aliphatic heterocycles. The Bertz CT molecular complexity index is 1170. The number of pyridine rings is 1. The van der Waals surface area contributed by atoms with Gasteiger partial charge in [-0.25, -0.2) is 0 Å². The molecule has 0 atom stereocenters. The Hall–Kier alpha value is -3.78. The molecule has 1 aromatic heterocycles. The molecule has 2 aliphatic rings. The average molecular weight is 374 g/mol. The number of rotatable bonds is 2. The van der Waals surface area contributed by atoms with Crippen LogP contribution in [-0.4, -0.2) is 0 Å². The highest BCUT2D eigenvalue weighted by atomic mass is 16.1. The third kappa shape index (κ3) is 3.78. The van der Waals surface area contributed by atoms with Gasteiger partial charge in [0.05, 0.1) is 28.7 Å². The van der Waals surface area contributed by atoms with Crippen LogP contribution in [0.2, 0.25) is 0 Å². The maximum atomic E-state index is 11.4. The summed E-state index contributed by atoms with van der Waals surface area (Å²) in [5, 5.41) is 0. The van der Waals surface area contributed by atoms with Crippen LogP contribution >= 0.6 is 0 Å². The smallest absolute Gasteiger partial charge is 0.247 e. The number of aromatic nitrogens is 1. The first-order valence-corrected chi connectivity index (χ1v) is 9.76. The fourth-order valence-electron chi connectivity index (χ4n) is 3.79. The Labute approximate surface area is 170 Å². The molecule has 0 unspecified atom stereocenters. The van der Waals surface area contributed by atoms with Crippen LogP contribution in [0.1, 0.15) is 17.2 Å². The lowest BCUT2D eigenvalue weighted by atomic mass is 9.91. The van der Waals surface area contributed by atoms with Crippen molar-refractivity contribution in [3.8, 4) is 11.1 Å². The Kier molecular flexibility index (Phi) is 4.38. The topological polar surface area (TPSA) is 20.9 Å². The van der Waals surface area contributed by atoms with Crippen molar-refractivity contribution in [1.82, 2.24) is 0 Å². The third-order valence-corrected chi connectivity index (χ3v) is 5.24. The zero-order valence-electron chi connectivity index (χ0n) is 15.9. The van der Waals surface area contributed by atoms with Crippen LogP contribution in [0.4, 0.5) is 0 Å².